The second-order valence-corrected chi connectivity index (χ2v) is 7.78. The summed E-state index contributed by atoms with van der Waals surface area (Å²) in [5.41, 5.74) is 4.44. The molecule has 8 heteroatoms. The molecule has 0 saturated carbocycles. The molecule has 0 spiro atoms. The lowest BCUT2D eigenvalue weighted by molar-refractivity contribution is -0.0817. The number of hydrogen-bond donors (Lipinski definition) is 1. The van der Waals surface area contributed by atoms with E-state index < -0.39 is 0 Å². The molecule has 0 amide bonds. The number of nitrogens with zero attached hydrogens (tertiary/aromatic N) is 4. The van der Waals surface area contributed by atoms with Crippen LogP contribution in [0, 0.1) is 13.8 Å². The van der Waals surface area contributed by atoms with Gasteiger partial charge in [-0.05, 0) is 44.4 Å². The number of para-hydroxylation sites is 1. The van der Waals surface area contributed by atoms with Gasteiger partial charge in [0.25, 0.3) is 0 Å². The maximum atomic E-state index is 5.98. The van der Waals surface area contributed by atoms with Crippen LogP contribution in [-0.2, 0) is 16.0 Å². The van der Waals surface area contributed by atoms with Gasteiger partial charge in [-0.3, -0.25) is 4.99 Å². The van der Waals surface area contributed by atoms with Gasteiger partial charge in [-0.2, -0.15) is 5.10 Å². The number of ether oxygens (including phenoxy) is 2. The second-order valence-electron chi connectivity index (χ2n) is 7.78. The number of aliphatic imine (C=N–C) groups is 1. The maximum Gasteiger partial charge on any atom is 0.194 e. The molecular weight excluding hydrogens is 493 g/mol. The molecule has 2 unspecified atom stereocenters. The fraction of sp³-hybridized carbons (Fsp3) is 0.545. The monoisotopic (exact) mass is 525 g/mol. The summed E-state index contributed by atoms with van der Waals surface area (Å²) in [6.07, 6.45) is 2.54. The molecule has 1 aromatic carbocycles. The van der Waals surface area contributed by atoms with Crippen molar-refractivity contribution in [2.45, 2.75) is 45.4 Å². The zero-order valence-corrected chi connectivity index (χ0v) is 20.3. The summed E-state index contributed by atoms with van der Waals surface area (Å²) < 4.78 is 13.8. The van der Waals surface area contributed by atoms with Gasteiger partial charge in [-0.15, -0.1) is 24.0 Å². The zero-order valence-electron chi connectivity index (χ0n) is 18.0. The highest BCUT2D eigenvalue weighted by atomic mass is 127. The summed E-state index contributed by atoms with van der Waals surface area (Å²) in [6.45, 7) is 7.99. The first-order valence-corrected chi connectivity index (χ1v) is 10.5. The van der Waals surface area contributed by atoms with Crippen LogP contribution >= 0.6 is 24.0 Å². The van der Waals surface area contributed by atoms with Crippen LogP contribution in [0.3, 0.4) is 0 Å². The van der Waals surface area contributed by atoms with Crippen LogP contribution in [0.2, 0.25) is 0 Å². The van der Waals surface area contributed by atoms with Crippen molar-refractivity contribution in [3.05, 3.63) is 47.3 Å². The van der Waals surface area contributed by atoms with Crippen molar-refractivity contribution in [1.29, 1.82) is 0 Å². The van der Waals surface area contributed by atoms with Crippen LogP contribution in [0.5, 0.6) is 0 Å². The third-order valence-corrected chi connectivity index (χ3v) is 5.65. The first-order valence-electron chi connectivity index (χ1n) is 10.5. The molecule has 2 atom stereocenters. The number of aromatic nitrogens is 2. The van der Waals surface area contributed by atoms with E-state index in [-0.39, 0.29) is 36.2 Å². The molecule has 7 nitrogen and oxygen atoms in total. The van der Waals surface area contributed by atoms with E-state index in [4.69, 9.17) is 9.47 Å². The highest BCUT2D eigenvalue weighted by Crippen LogP contribution is 2.21. The Bertz CT molecular complexity index is 863. The fourth-order valence-electron chi connectivity index (χ4n) is 4.23. The SMILES string of the molecule is CN=C(NCc1ccccc1-n1nc(C)cc1C)N1CCOC(C2CCCO2)C1.I. The number of morpholine rings is 1. The second kappa shape index (κ2) is 10.6. The molecule has 2 aliphatic heterocycles. The van der Waals surface area contributed by atoms with E-state index in [2.05, 4.69) is 57.6 Å². The molecular formula is C22H32IN5O2. The lowest BCUT2D eigenvalue weighted by Gasteiger charge is -2.37. The summed E-state index contributed by atoms with van der Waals surface area (Å²) >= 11 is 0. The Morgan fingerprint density at radius 1 is 1.20 bits per heavy atom. The molecule has 30 heavy (non-hydrogen) atoms. The van der Waals surface area contributed by atoms with E-state index in [9.17, 15) is 0 Å². The van der Waals surface area contributed by atoms with Gasteiger partial charge in [0.15, 0.2) is 5.96 Å². The van der Waals surface area contributed by atoms with Crippen molar-refractivity contribution in [2.24, 2.45) is 4.99 Å². The Morgan fingerprint density at radius 3 is 2.70 bits per heavy atom. The van der Waals surface area contributed by atoms with E-state index >= 15 is 0 Å². The minimum Gasteiger partial charge on any atom is -0.375 e. The minimum absolute atomic E-state index is 0. The fourth-order valence-corrected chi connectivity index (χ4v) is 4.23. The van der Waals surface area contributed by atoms with Crippen LogP contribution < -0.4 is 5.32 Å². The minimum atomic E-state index is 0. The van der Waals surface area contributed by atoms with Gasteiger partial charge in [0.05, 0.1) is 24.1 Å². The van der Waals surface area contributed by atoms with Crippen molar-refractivity contribution in [3.63, 3.8) is 0 Å². The maximum absolute atomic E-state index is 5.98. The number of nitrogens with one attached hydrogen (secondary N) is 1. The van der Waals surface area contributed by atoms with E-state index in [1.54, 1.807) is 0 Å². The first-order chi connectivity index (χ1) is 14.2. The van der Waals surface area contributed by atoms with Crippen LogP contribution in [0.15, 0.2) is 35.3 Å². The van der Waals surface area contributed by atoms with E-state index in [1.807, 2.05) is 18.7 Å². The Balaban J connectivity index is 0.00000256. The van der Waals surface area contributed by atoms with Gasteiger partial charge in [0.1, 0.15) is 6.10 Å². The number of benzene rings is 1. The molecule has 0 bridgehead atoms. The molecule has 3 heterocycles. The van der Waals surface area contributed by atoms with Gasteiger partial charge in [0, 0.05) is 39.0 Å². The number of hydrogen-bond acceptors (Lipinski definition) is 4. The van der Waals surface area contributed by atoms with Crippen molar-refractivity contribution >= 4 is 29.9 Å². The van der Waals surface area contributed by atoms with Crippen LogP contribution in [0.1, 0.15) is 29.8 Å². The molecule has 2 aromatic rings. The standard InChI is InChI=1S/C22H31N5O2.HI/c1-16-13-17(2)27(25-16)19-8-5-4-7-18(19)14-24-22(23-3)26-10-12-29-21(15-26)20-9-6-11-28-20;/h4-5,7-8,13,20-21H,6,9-12,14-15H2,1-3H3,(H,23,24);1H. The van der Waals surface area contributed by atoms with Crippen LogP contribution in [0.25, 0.3) is 5.69 Å². The first kappa shape index (κ1) is 23.0. The van der Waals surface area contributed by atoms with Crippen molar-refractivity contribution in [3.8, 4) is 5.69 Å². The Morgan fingerprint density at radius 2 is 2.00 bits per heavy atom. The normalized spacial score (nSPS) is 22.1. The Kier molecular flexibility index (Phi) is 8.13. The molecule has 2 saturated heterocycles. The van der Waals surface area contributed by atoms with Crippen LogP contribution in [-0.4, -0.2) is 66.2 Å². The summed E-state index contributed by atoms with van der Waals surface area (Å²) in [7, 11) is 1.84. The summed E-state index contributed by atoms with van der Waals surface area (Å²) in [5, 5.41) is 8.19. The van der Waals surface area contributed by atoms with Gasteiger partial charge >= 0.3 is 0 Å². The lowest BCUT2D eigenvalue weighted by Crippen LogP contribution is -2.53. The lowest BCUT2D eigenvalue weighted by atomic mass is 10.1. The Hall–Kier alpha value is -1.65. The van der Waals surface area contributed by atoms with Crippen LogP contribution in [0.4, 0.5) is 0 Å². The van der Waals surface area contributed by atoms with E-state index in [0.29, 0.717) is 13.2 Å². The summed E-state index contributed by atoms with van der Waals surface area (Å²) in [4.78, 5) is 6.80. The van der Waals surface area contributed by atoms with Crippen molar-refractivity contribution in [2.75, 3.05) is 33.4 Å². The molecule has 0 radical (unpaired) electrons. The van der Waals surface area contributed by atoms with Gasteiger partial charge < -0.3 is 19.7 Å². The van der Waals surface area contributed by atoms with E-state index in [1.165, 1.54) is 5.56 Å². The third kappa shape index (κ3) is 5.15. The van der Waals surface area contributed by atoms with Gasteiger partial charge in [-0.25, -0.2) is 4.68 Å². The number of guanidine groups is 1. The largest absolute Gasteiger partial charge is 0.375 e. The molecule has 164 valence electrons. The smallest absolute Gasteiger partial charge is 0.194 e. The highest BCUT2D eigenvalue weighted by molar-refractivity contribution is 14.0. The molecule has 2 fully saturated rings. The average Bonchev–Trinajstić information content (AvgIpc) is 3.39. The third-order valence-electron chi connectivity index (χ3n) is 5.65. The Labute approximate surface area is 195 Å². The zero-order chi connectivity index (χ0) is 20.2. The average molecular weight is 525 g/mol. The van der Waals surface area contributed by atoms with E-state index in [0.717, 1.165) is 55.6 Å². The van der Waals surface area contributed by atoms with Gasteiger partial charge in [-0.1, -0.05) is 18.2 Å². The molecule has 0 aliphatic carbocycles. The topological polar surface area (TPSA) is 63.9 Å². The van der Waals surface area contributed by atoms with Gasteiger partial charge in [0.2, 0.25) is 0 Å². The summed E-state index contributed by atoms with van der Waals surface area (Å²) in [6, 6.07) is 10.5. The summed E-state index contributed by atoms with van der Waals surface area (Å²) in [5.74, 6) is 0.902. The predicted octanol–water partition coefficient (Wildman–Crippen LogP) is 3.06. The molecule has 1 aromatic heterocycles. The molecule has 1 N–H and O–H groups in total. The quantitative estimate of drug-likeness (QED) is 0.378. The van der Waals surface area contributed by atoms with Crippen molar-refractivity contribution < 1.29 is 9.47 Å². The number of rotatable bonds is 4. The molecule has 4 rings (SSSR count). The number of halogens is 1. The number of aryl methyl sites for hydroxylation is 2. The van der Waals surface area contributed by atoms with Crippen molar-refractivity contribution in [1.82, 2.24) is 20.0 Å². The predicted molar refractivity (Wildman–Crippen MR) is 129 cm³/mol. The molecule has 2 aliphatic rings. The highest BCUT2D eigenvalue weighted by Gasteiger charge is 2.32.